The van der Waals surface area contributed by atoms with Gasteiger partial charge in [-0.3, -0.25) is 9.78 Å². The van der Waals surface area contributed by atoms with Crippen molar-refractivity contribution in [3.8, 4) is 5.75 Å². The lowest BCUT2D eigenvalue weighted by molar-refractivity contribution is -0.139. The third-order valence-corrected chi connectivity index (χ3v) is 2.30. The van der Waals surface area contributed by atoms with Gasteiger partial charge in [-0.1, -0.05) is 13.8 Å². The van der Waals surface area contributed by atoms with E-state index in [0.717, 1.165) is 0 Å². The summed E-state index contributed by atoms with van der Waals surface area (Å²) < 4.78 is 0. The van der Waals surface area contributed by atoms with Crippen LogP contribution in [0.2, 0.25) is 0 Å². The molecule has 1 atom stereocenters. The van der Waals surface area contributed by atoms with Gasteiger partial charge in [0.25, 0.3) is 5.91 Å². The molecule has 0 bridgehead atoms. The standard InChI is InChI=1S/C12H16N2O4/c1-7(2)3-10(12(17)18)14-11(16)8-4-9(15)6-13-5-8/h4-7,10,15H,3H2,1-2H3,(H,14,16)(H,17,18)/t10-/m1/s1. The number of aliphatic carboxylic acids is 1. The maximum Gasteiger partial charge on any atom is 0.326 e. The average Bonchev–Trinajstić information content (AvgIpc) is 2.27. The molecule has 0 unspecified atom stereocenters. The molecular formula is C12H16N2O4. The van der Waals surface area contributed by atoms with Crippen molar-refractivity contribution in [1.29, 1.82) is 0 Å². The zero-order valence-corrected chi connectivity index (χ0v) is 10.3. The van der Waals surface area contributed by atoms with Crippen LogP contribution in [-0.2, 0) is 4.79 Å². The van der Waals surface area contributed by atoms with Crippen molar-refractivity contribution in [2.75, 3.05) is 0 Å². The number of carboxylic acid groups (broad SMARTS) is 1. The van der Waals surface area contributed by atoms with Crippen LogP contribution in [0.5, 0.6) is 5.75 Å². The number of carbonyl (C=O) groups is 2. The molecule has 6 heteroatoms. The Morgan fingerprint density at radius 1 is 1.39 bits per heavy atom. The second-order valence-electron chi connectivity index (χ2n) is 4.43. The number of aromatic nitrogens is 1. The van der Waals surface area contributed by atoms with Crippen molar-refractivity contribution in [2.24, 2.45) is 5.92 Å². The summed E-state index contributed by atoms with van der Waals surface area (Å²) in [6, 6.07) is 0.288. The van der Waals surface area contributed by atoms with Crippen molar-refractivity contribution in [3.05, 3.63) is 24.0 Å². The van der Waals surface area contributed by atoms with E-state index in [4.69, 9.17) is 5.11 Å². The highest BCUT2D eigenvalue weighted by Crippen LogP contribution is 2.10. The van der Waals surface area contributed by atoms with E-state index in [9.17, 15) is 14.7 Å². The number of carbonyl (C=O) groups excluding carboxylic acids is 1. The second-order valence-corrected chi connectivity index (χ2v) is 4.43. The van der Waals surface area contributed by atoms with Crippen molar-refractivity contribution in [3.63, 3.8) is 0 Å². The largest absolute Gasteiger partial charge is 0.506 e. The lowest BCUT2D eigenvalue weighted by atomic mass is 10.0. The number of rotatable bonds is 5. The van der Waals surface area contributed by atoms with Crippen LogP contribution in [0.15, 0.2) is 18.5 Å². The number of hydrogen-bond donors (Lipinski definition) is 3. The molecule has 0 saturated carbocycles. The molecule has 3 N–H and O–H groups in total. The van der Waals surface area contributed by atoms with Crippen molar-refractivity contribution >= 4 is 11.9 Å². The molecule has 0 saturated heterocycles. The summed E-state index contributed by atoms with van der Waals surface area (Å²) in [7, 11) is 0. The lowest BCUT2D eigenvalue weighted by Gasteiger charge is -2.16. The van der Waals surface area contributed by atoms with Crippen molar-refractivity contribution in [2.45, 2.75) is 26.3 Å². The first kappa shape index (κ1) is 14.0. The minimum Gasteiger partial charge on any atom is -0.506 e. The highest BCUT2D eigenvalue weighted by atomic mass is 16.4. The Bertz CT molecular complexity index is 445. The molecule has 0 aromatic carbocycles. The Morgan fingerprint density at radius 2 is 2.06 bits per heavy atom. The van der Waals surface area contributed by atoms with Gasteiger partial charge >= 0.3 is 5.97 Å². The molecule has 0 aliphatic heterocycles. The Labute approximate surface area is 105 Å². The van der Waals surface area contributed by atoms with Gasteiger partial charge in [0, 0.05) is 6.20 Å². The predicted octanol–water partition coefficient (Wildman–Crippen LogP) is 1.02. The molecule has 18 heavy (non-hydrogen) atoms. The van der Waals surface area contributed by atoms with Crippen LogP contribution < -0.4 is 5.32 Å². The fraction of sp³-hybridized carbons (Fsp3) is 0.417. The molecule has 1 heterocycles. The zero-order valence-electron chi connectivity index (χ0n) is 10.3. The smallest absolute Gasteiger partial charge is 0.326 e. The van der Waals surface area contributed by atoms with Gasteiger partial charge in [0.15, 0.2) is 0 Å². The van der Waals surface area contributed by atoms with Gasteiger partial charge in [0.05, 0.1) is 11.8 Å². The molecule has 1 amide bonds. The van der Waals surface area contributed by atoms with E-state index in [2.05, 4.69) is 10.3 Å². The number of nitrogens with zero attached hydrogens (tertiary/aromatic N) is 1. The number of nitrogens with one attached hydrogen (secondary N) is 1. The van der Waals surface area contributed by atoms with Crippen LogP contribution in [0.4, 0.5) is 0 Å². The van der Waals surface area contributed by atoms with Crippen LogP contribution >= 0.6 is 0 Å². The SMILES string of the molecule is CC(C)C[C@@H](NC(=O)c1cncc(O)c1)C(=O)O. The Kier molecular flexibility index (Phi) is 4.65. The molecule has 0 fully saturated rings. The number of hydrogen-bond acceptors (Lipinski definition) is 4. The Balaban J connectivity index is 2.75. The maximum atomic E-state index is 11.8. The minimum absolute atomic E-state index is 0.130. The summed E-state index contributed by atoms with van der Waals surface area (Å²) in [5.74, 6) is -1.64. The number of pyridine rings is 1. The van der Waals surface area contributed by atoms with Gasteiger partial charge < -0.3 is 15.5 Å². The number of carboxylic acids is 1. The number of amides is 1. The van der Waals surface area contributed by atoms with Crippen LogP contribution in [0.25, 0.3) is 0 Å². The molecule has 0 spiro atoms. The molecule has 1 aromatic rings. The van der Waals surface area contributed by atoms with Crippen molar-refractivity contribution < 1.29 is 19.8 Å². The van der Waals surface area contributed by atoms with Gasteiger partial charge in [-0.2, -0.15) is 0 Å². The van der Waals surface area contributed by atoms with Gasteiger partial charge in [0.1, 0.15) is 11.8 Å². The molecule has 1 rings (SSSR count). The average molecular weight is 252 g/mol. The molecular weight excluding hydrogens is 236 g/mol. The van der Waals surface area contributed by atoms with E-state index in [1.165, 1.54) is 18.5 Å². The third-order valence-electron chi connectivity index (χ3n) is 2.30. The van der Waals surface area contributed by atoms with Gasteiger partial charge in [-0.05, 0) is 18.4 Å². The van der Waals surface area contributed by atoms with E-state index in [0.29, 0.717) is 6.42 Å². The minimum atomic E-state index is -1.08. The Morgan fingerprint density at radius 3 is 2.56 bits per heavy atom. The first-order valence-electron chi connectivity index (χ1n) is 5.58. The van der Waals surface area contributed by atoms with Crippen LogP contribution in [0, 0.1) is 5.92 Å². The Hall–Kier alpha value is -2.11. The van der Waals surface area contributed by atoms with Gasteiger partial charge in [-0.25, -0.2) is 4.79 Å². The van der Waals surface area contributed by atoms with E-state index in [1.807, 2.05) is 13.8 Å². The fourth-order valence-corrected chi connectivity index (χ4v) is 1.49. The number of aromatic hydroxyl groups is 1. The maximum absolute atomic E-state index is 11.8. The summed E-state index contributed by atoms with van der Waals surface area (Å²) in [6.45, 7) is 3.75. The molecule has 0 radical (unpaired) electrons. The van der Waals surface area contributed by atoms with Crippen LogP contribution in [0.3, 0.4) is 0 Å². The van der Waals surface area contributed by atoms with E-state index >= 15 is 0 Å². The topological polar surface area (TPSA) is 99.5 Å². The first-order valence-corrected chi connectivity index (χ1v) is 5.58. The highest BCUT2D eigenvalue weighted by Gasteiger charge is 2.21. The molecule has 98 valence electrons. The van der Waals surface area contributed by atoms with E-state index in [1.54, 1.807) is 0 Å². The van der Waals surface area contributed by atoms with E-state index < -0.39 is 17.9 Å². The van der Waals surface area contributed by atoms with Gasteiger partial charge in [-0.15, -0.1) is 0 Å². The summed E-state index contributed by atoms with van der Waals surface area (Å²) in [5.41, 5.74) is 0.130. The molecule has 1 aromatic heterocycles. The predicted molar refractivity (Wildman–Crippen MR) is 64.2 cm³/mol. The third kappa shape index (κ3) is 4.04. The second kappa shape index (κ2) is 6.00. The molecule has 6 nitrogen and oxygen atoms in total. The van der Waals surface area contributed by atoms with Gasteiger partial charge in [0.2, 0.25) is 0 Å². The summed E-state index contributed by atoms with van der Waals surface area (Å²) in [4.78, 5) is 26.4. The molecule has 0 aliphatic rings. The molecule has 0 aliphatic carbocycles. The normalized spacial score (nSPS) is 12.2. The quantitative estimate of drug-likeness (QED) is 0.726. The summed E-state index contributed by atoms with van der Waals surface area (Å²) in [5, 5.41) is 20.6. The van der Waals surface area contributed by atoms with Crippen molar-refractivity contribution in [1.82, 2.24) is 10.3 Å². The van der Waals surface area contributed by atoms with Crippen LogP contribution in [-0.4, -0.2) is 33.1 Å². The van der Waals surface area contributed by atoms with E-state index in [-0.39, 0.29) is 17.2 Å². The first-order chi connectivity index (χ1) is 8.40. The zero-order chi connectivity index (χ0) is 13.7. The summed E-state index contributed by atoms with van der Waals surface area (Å²) >= 11 is 0. The lowest BCUT2D eigenvalue weighted by Crippen LogP contribution is -2.41. The van der Waals surface area contributed by atoms with Crippen LogP contribution in [0.1, 0.15) is 30.6 Å². The highest BCUT2D eigenvalue weighted by molar-refractivity contribution is 5.96. The fourth-order valence-electron chi connectivity index (χ4n) is 1.49. The monoisotopic (exact) mass is 252 g/mol. The summed E-state index contributed by atoms with van der Waals surface area (Å²) in [6.07, 6.45) is 2.80.